The maximum atomic E-state index is 4.73. The van der Waals surface area contributed by atoms with E-state index < -0.39 is 0 Å². The molecule has 18 heavy (non-hydrogen) atoms. The van der Waals surface area contributed by atoms with Crippen LogP contribution in [-0.2, 0) is 6.54 Å². The Morgan fingerprint density at radius 1 is 0.889 bits per heavy atom. The van der Waals surface area contributed by atoms with E-state index in [1.165, 1.54) is 23.9 Å². The summed E-state index contributed by atoms with van der Waals surface area (Å²) in [4.78, 5) is 4.73. The van der Waals surface area contributed by atoms with Gasteiger partial charge < -0.3 is 0 Å². The lowest BCUT2D eigenvalue weighted by Crippen LogP contribution is -2.36. The number of hydrogen-bond acceptors (Lipinski definition) is 1. The fraction of sp³-hybridized carbons (Fsp3) is 0.250. The fourth-order valence-electron chi connectivity index (χ4n) is 2.39. The van der Waals surface area contributed by atoms with Gasteiger partial charge in [-0.05, 0) is 12.1 Å². The molecule has 0 unspecified atom stereocenters. The monoisotopic (exact) mass is 237 g/mol. The van der Waals surface area contributed by atoms with Crippen molar-refractivity contribution in [3.8, 4) is 0 Å². The molecule has 0 saturated carbocycles. The average Bonchev–Trinajstić information content (AvgIpc) is 2.43. The molecule has 0 bridgehead atoms. The summed E-state index contributed by atoms with van der Waals surface area (Å²) in [6, 6.07) is 16.8. The zero-order valence-electron chi connectivity index (χ0n) is 10.6. The van der Waals surface area contributed by atoms with Gasteiger partial charge in [0, 0.05) is 18.6 Å². The van der Waals surface area contributed by atoms with E-state index in [4.69, 9.17) is 4.98 Å². The van der Waals surface area contributed by atoms with Gasteiger partial charge in [-0.1, -0.05) is 37.6 Å². The van der Waals surface area contributed by atoms with Gasteiger partial charge in [-0.25, -0.2) is 4.98 Å². The maximum absolute atomic E-state index is 4.73. The zero-order valence-corrected chi connectivity index (χ0v) is 10.6. The van der Waals surface area contributed by atoms with Gasteiger partial charge in [0.25, 0.3) is 0 Å². The first kappa shape index (κ1) is 11.1. The highest BCUT2D eigenvalue weighted by atomic mass is 15.0. The van der Waals surface area contributed by atoms with Crippen LogP contribution < -0.4 is 4.57 Å². The van der Waals surface area contributed by atoms with E-state index in [1.54, 1.807) is 0 Å². The van der Waals surface area contributed by atoms with Crippen LogP contribution in [0.4, 0.5) is 0 Å². The summed E-state index contributed by atoms with van der Waals surface area (Å²) in [7, 11) is 0. The third-order valence-electron chi connectivity index (χ3n) is 3.32. The first-order valence-electron chi connectivity index (χ1n) is 6.57. The van der Waals surface area contributed by atoms with Gasteiger partial charge in [0.2, 0.25) is 11.0 Å². The van der Waals surface area contributed by atoms with Crippen LogP contribution in [0.5, 0.6) is 0 Å². The number of aromatic nitrogens is 2. The second-order valence-corrected chi connectivity index (χ2v) is 4.59. The van der Waals surface area contributed by atoms with Gasteiger partial charge in [-0.15, -0.1) is 0 Å². The molecule has 2 heteroatoms. The van der Waals surface area contributed by atoms with Crippen molar-refractivity contribution in [2.45, 2.75) is 26.3 Å². The average molecular weight is 237 g/mol. The fourth-order valence-corrected chi connectivity index (χ4v) is 2.39. The molecular weight excluding hydrogens is 220 g/mol. The molecule has 0 aliphatic carbocycles. The third kappa shape index (κ3) is 1.84. The van der Waals surface area contributed by atoms with E-state index in [0.717, 1.165) is 17.6 Å². The Morgan fingerprint density at radius 3 is 2.00 bits per heavy atom. The standard InChI is InChI=1S/C16H17N2/c1-2-3-12-18-15-10-6-4-8-13(15)17-14-9-5-7-11-16(14)18/h4-11H,2-3,12H2,1H3/q+1. The molecule has 1 heterocycles. The van der Waals surface area contributed by atoms with Crippen LogP contribution in [0, 0.1) is 0 Å². The number of unbranched alkanes of at least 4 members (excludes halogenated alkanes) is 1. The summed E-state index contributed by atoms with van der Waals surface area (Å²) < 4.78 is 2.39. The molecule has 0 spiro atoms. The van der Waals surface area contributed by atoms with Gasteiger partial charge in [-0.2, -0.15) is 4.57 Å². The maximum Gasteiger partial charge on any atom is 0.231 e. The van der Waals surface area contributed by atoms with Crippen LogP contribution in [0.25, 0.3) is 22.1 Å². The van der Waals surface area contributed by atoms with E-state index in [0.29, 0.717) is 0 Å². The summed E-state index contributed by atoms with van der Waals surface area (Å²) in [5.74, 6) is 0. The molecule has 2 aromatic carbocycles. The van der Waals surface area contributed by atoms with E-state index >= 15 is 0 Å². The van der Waals surface area contributed by atoms with Gasteiger partial charge in [0.1, 0.15) is 17.6 Å². The molecule has 0 aliphatic heterocycles. The molecule has 2 nitrogen and oxygen atoms in total. The lowest BCUT2D eigenvalue weighted by Gasteiger charge is -2.04. The number of para-hydroxylation sites is 4. The van der Waals surface area contributed by atoms with Crippen molar-refractivity contribution in [1.29, 1.82) is 0 Å². The molecule has 1 aromatic heterocycles. The van der Waals surface area contributed by atoms with Crippen molar-refractivity contribution < 1.29 is 4.57 Å². The summed E-state index contributed by atoms with van der Waals surface area (Å²) in [5.41, 5.74) is 4.61. The Morgan fingerprint density at radius 2 is 1.44 bits per heavy atom. The van der Waals surface area contributed by atoms with Gasteiger partial charge in [0.05, 0.1) is 0 Å². The van der Waals surface area contributed by atoms with Crippen molar-refractivity contribution in [3.05, 3.63) is 48.5 Å². The molecule has 0 saturated heterocycles. The number of benzene rings is 2. The van der Waals surface area contributed by atoms with E-state index in [-0.39, 0.29) is 0 Å². The van der Waals surface area contributed by atoms with Crippen LogP contribution in [0.3, 0.4) is 0 Å². The minimum absolute atomic E-state index is 1.06. The largest absolute Gasteiger partial charge is 0.235 e. The van der Waals surface area contributed by atoms with E-state index in [9.17, 15) is 0 Å². The second-order valence-electron chi connectivity index (χ2n) is 4.59. The van der Waals surface area contributed by atoms with E-state index in [1.807, 2.05) is 12.1 Å². The third-order valence-corrected chi connectivity index (χ3v) is 3.32. The SMILES string of the molecule is CCCC[n+]1c2ccccc2nc2ccccc21. The molecule has 0 radical (unpaired) electrons. The molecule has 0 N–H and O–H groups in total. The van der Waals surface area contributed by atoms with Gasteiger partial charge in [-0.3, -0.25) is 0 Å². The van der Waals surface area contributed by atoms with Crippen molar-refractivity contribution in [3.63, 3.8) is 0 Å². The van der Waals surface area contributed by atoms with Crippen molar-refractivity contribution in [2.24, 2.45) is 0 Å². The van der Waals surface area contributed by atoms with Crippen LogP contribution in [0.2, 0.25) is 0 Å². The number of hydrogen-bond donors (Lipinski definition) is 0. The molecule has 0 amide bonds. The van der Waals surface area contributed by atoms with Crippen LogP contribution in [-0.4, -0.2) is 4.98 Å². The molecule has 90 valence electrons. The van der Waals surface area contributed by atoms with Crippen molar-refractivity contribution in [2.75, 3.05) is 0 Å². The molecular formula is C16H17N2+. The Hall–Kier alpha value is -1.96. The molecule has 0 aliphatic rings. The molecule has 3 rings (SSSR count). The highest BCUT2D eigenvalue weighted by Crippen LogP contribution is 2.14. The first-order chi connectivity index (χ1) is 8.90. The topological polar surface area (TPSA) is 16.8 Å². The summed E-state index contributed by atoms with van der Waals surface area (Å²) in [5, 5.41) is 0. The van der Waals surface area contributed by atoms with E-state index in [2.05, 4.69) is 47.9 Å². The second kappa shape index (κ2) is 4.73. The van der Waals surface area contributed by atoms with Crippen molar-refractivity contribution in [1.82, 2.24) is 4.98 Å². The highest BCUT2D eigenvalue weighted by Gasteiger charge is 2.14. The quantitative estimate of drug-likeness (QED) is 0.503. The summed E-state index contributed by atoms with van der Waals surface area (Å²) >= 11 is 0. The Kier molecular flexibility index (Phi) is 2.93. The number of fused-ring (bicyclic) bond motifs is 2. The highest BCUT2D eigenvalue weighted by molar-refractivity contribution is 5.81. The Balaban J connectivity index is 2.34. The lowest BCUT2D eigenvalue weighted by atomic mass is 10.2. The first-order valence-corrected chi connectivity index (χ1v) is 6.57. The number of rotatable bonds is 3. The molecule has 0 atom stereocenters. The zero-order chi connectivity index (χ0) is 12.4. The summed E-state index contributed by atoms with van der Waals surface area (Å²) in [6.45, 7) is 3.28. The predicted molar refractivity (Wildman–Crippen MR) is 74.4 cm³/mol. The Labute approximate surface area is 107 Å². The number of aryl methyl sites for hydroxylation is 1. The van der Waals surface area contributed by atoms with Crippen LogP contribution in [0.15, 0.2) is 48.5 Å². The minimum atomic E-state index is 1.06. The van der Waals surface area contributed by atoms with Crippen molar-refractivity contribution >= 4 is 22.1 Å². The lowest BCUT2D eigenvalue weighted by molar-refractivity contribution is -0.646. The minimum Gasteiger partial charge on any atom is -0.235 e. The smallest absolute Gasteiger partial charge is 0.231 e. The van der Waals surface area contributed by atoms with Gasteiger partial charge in [0.15, 0.2) is 0 Å². The normalized spacial score (nSPS) is 11.2. The molecule has 3 aromatic rings. The summed E-state index contributed by atoms with van der Waals surface area (Å²) in [6.07, 6.45) is 2.40. The number of nitrogens with zero attached hydrogens (tertiary/aromatic N) is 2. The van der Waals surface area contributed by atoms with Gasteiger partial charge >= 0.3 is 0 Å². The molecule has 0 fully saturated rings. The predicted octanol–water partition coefficient (Wildman–Crippen LogP) is 3.48. The van der Waals surface area contributed by atoms with Crippen LogP contribution >= 0.6 is 0 Å². The Bertz CT molecular complexity index is 635. The van der Waals surface area contributed by atoms with Crippen LogP contribution in [0.1, 0.15) is 19.8 Å².